The highest BCUT2D eigenvalue weighted by atomic mass is 79.9. The Morgan fingerprint density at radius 1 is 1.19 bits per heavy atom. The Bertz CT molecular complexity index is 822. The van der Waals surface area contributed by atoms with E-state index in [1.165, 1.54) is 13.0 Å². The van der Waals surface area contributed by atoms with Crippen molar-refractivity contribution >= 4 is 33.4 Å². The fourth-order valence-electron chi connectivity index (χ4n) is 2.78. The molecule has 7 heteroatoms. The van der Waals surface area contributed by atoms with Gasteiger partial charge in [0, 0.05) is 22.0 Å². The number of benzene rings is 2. The van der Waals surface area contributed by atoms with E-state index in [4.69, 9.17) is 4.74 Å². The Balaban J connectivity index is 2.25. The molecule has 2 aromatic rings. The third kappa shape index (κ3) is 4.76. The smallest absolute Gasteiger partial charge is 0.317 e. The van der Waals surface area contributed by atoms with Crippen LogP contribution in [0.3, 0.4) is 0 Å². The molecule has 136 valence electrons. The number of halogens is 1. The number of carbonyl (C=O) groups excluding carboxylic acids is 2. The molecule has 0 N–H and O–H groups in total. The van der Waals surface area contributed by atoms with E-state index in [-0.39, 0.29) is 12.3 Å². The number of ether oxygens (including phenoxy) is 1. The average Bonchev–Trinajstić information content (AvgIpc) is 2.60. The van der Waals surface area contributed by atoms with Crippen LogP contribution in [0.2, 0.25) is 0 Å². The number of rotatable bonds is 7. The second-order valence-corrected chi connectivity index (χ2v) is 6.85. The zero-order valence-electron chi connectivity index (χ0n) is 14.3. The predicted molar refractivity (Wildman–Crippen MR) is 99.6 cm³/mol. The molecule has 0 heterocycles. The summed E-state index contributed by atoms with van der Waals surface area (Å²) in [6.07, 6.45) is 0. The number of hydrogen-bond acceptors (Lipinski definition) is 5. The second-order valence-electron chi connectivity index (χ2n) is 5.93. The topological polar surface area (TPSA) is 86.5 Å². The van der Waals surface area contributed by atoms with Crippen molar-refractivity contribution in [3.63, 3.8) is 0 Å². The van der Waals surface area contributed by atoms with Crippen LogP contribution in [-0.4, -0.2) is 16.7 Å². The van der Waals surface area contributed by atoms with E-state index in [2.05, 4.69) is 15.9 Å². The number of nitro groups is 1. The first-order valence-electron chi connectivity index (χ1n) is 7.96. The summed E-state index contributed by atoms with van der Waals surface area (Å²) < 4.78 is 5.83. The molecule has 0 aliphatic heterocycles. The van der Waals surface area contributed by atoms with E-state index >= 15 is 0 Å². The van der Waals surface area contributed by atoms with Gasteiger partial charge in [0.05, 0.1) is 4.92 Å². The zero-order valence-corrected chi connectivity index (χ0v) is 15.9. The molecule has 0 saturated heterocycles. The highest BCUT2D eigenvalue weighted by molar-refractivity contribution is 9.10. The minimum atomic E-state index is -1.11. The predicted octanol–water partition coefficient (Wildman–Crippen LogP) is 4.41. The van der Waals surface area contributed by atoms with E-state index in [0.29, 0.717) is 10.0 Å². The normalized spacial score (nSPS) is 12.9. The van der Waals surface area contributed by atoms with E-state index in [9.17, 15) is 19.7 Å². The van der Waals surface area contributed by atoms with Gasteiger partial charge in [-0.15, -0.1) is 0 Å². The lowest BCUT2D eigenvalue weighted by Crippen LogP contribution is -2.29. The van der Waals surface area contributed by atoms with Crippen molar-refractivity contribution < 1.29 is 19.2 Å². The highest BCUT2D eigenvalue weighted by Gasteiger charge is 2.35. The van der Waals surface area contributed by atoms with E-state index in [0.717, 1.165) is 5.56 Å². The maximum atomic E-state index is 12.5. The lowest BCUT2D eigenvalue weighted by molar-refractivity contribution is -0.385. The number of nitrogens with zero attached hydrogens (tertiary/aromatic N) is 1. The van der Waals surface area contributed by atoms with Gasteiger partial charge in [0.1, 0.15) is 18.3 Å². The van der Waals surface area contributed by atoms with Crippen LogP contribution < -0.4 is 0 Å². The van der Waals surface area contributed by atoms with Crippen molar-refractivity contribution in [2.45, 2.75) is 26.4 Å². The van der Waals surface area contributed by atoms with Gasteiger partial charge in [-0.3, -0.25) is 19.7 Å². The van der Waals surface area contributed by atoms with Crippen LogP contribution in [0.25, 0.3) is 0 Å². The minimum absolute atomic E-state index is 0.0403. The number of Topliss-reactive ketones (excluding diaryl/α,β-unsaturated/α-hetero) is 1. The van der Waals surface area contributed by atoms with Gasteiger partial charge in [-0.25, -0.2) is 0 Å². The maximum absolute atomic E-state index is 12.5. The number of ketones is 1. The van der Waals surface area contributed by atoms with Crippen LogP contribution >= 0.6 is 15.9 Å². The van der Waals surface area contributed by atoms with Gasteiger partial charge in [0.15, 0.2) is 0 Å². The molecule has 0 aliphatic rings. The molecule has 0 saturated carbocycles. The van der Waals surface area contributed by atoms with E-state index < -0.39 is 28.5 Å². The number of esters is 1. The number of hydrogen-bond donors (Lipinski definition) is 0. The summed E-state index contributed by atoms with van der Waals surface area (Å²) in [4.78, 5) is 35.4. The first-order valence-corrected chi connectivity index (χ1v) is 8.75. The van der Waals surface area contributed by atoms with Gasteiger partial charge in [-0.05, 0) is 18.6 Å². The molecule has 26 heavy (non-hydrogen) atoms. The highest BCUT2D eigenvalue weighted by Crippen LogP contribution is 2.34. The zero-order chi connectivity index (χ0) is 19.3. The summed E-state index contributed by atoms with van der Waals surface area (Å²) in [5, 5.41) is 11.3. The molecule has 0 aliphatic carbocycles. The van der Waals surface area contributed by atoms with Crippen molar-refractivity contribution in [1.29, 1.82) is 0 Å². The molecule has 2 rings (SSSR count). The minimum Gasteiger partial charge on any atom is -0.460 e. The summed E-state index contributed by atoms with van der Waals surface area (Å²) in [6.45, 7) is 2.94. The molecule has 0 spiro atoms. The third-order valence-electron chi connectivity index (χ3n) is 4.10. The molecule has 6 nitrogen and oxygen atoms in total. The standard InChI is InChI=1S/C19H18BrNO5/c1-12(16-9-8-15(20)10-17(16)21(24)25)18(13(2)22)19(23)26-11-14-6-4-3-5-7-14/h3-10,12,18H,11H2,1-2H3. The SMILES string of the molecule is CC(=O)C(C(=O)OCc1ccccc1)C(C)c1ccc(Br)cc1[N+](=O)[O-]. The van der Waals surface area contributed by atoms with E-state index in [1.54, 1.807) is 31.2 Å². The number of nitro benzene ring substituents is 1. The molecule has 2 aromatic carbocycles. The maximum Gasteiger partial charge on any atom is 0.317 e. The lowest BCUT2D eigenvalue weighted by atomic mass is 9.84. The van der Waals surface area contributed by atoms with E-state index in [1.807, 2.05) is 18.2 Å². The first kappa shape index (κ1) is 19.8. The molecule has 2 unspecified atom stereocenters. The van der Waals surface area contributed by atoms with Crippen molar-refractivity contribution in [2.75, 3.05) is 0 Å². The quantitative estimate of drug-likeness (QED) is 0.287. The van der Waals surface area contributed by atoms with Crippen LogP contribution in [-0.2, 0) is 20.9 Å². The summed E-state index contributed by atoms with van der Waals surface area (Å²) in [5.41, 5.74) is 0.967. The van der Waals surface area contributed by atoms with Gasteiger partial charge >= 0.3 is 5.97 Å². The molecule has 0 amide bonds. The Morgan fingerprint density at radius 2 is 1.85 bits per heavy atom. The largest absolute Gasteiger partial charge is 0.460 e. The van der Waals surface area contributed by atoms with Crippen LogP contribution in [0.15, 0.2) is 53.0 Å². The summed E-state index contributed by atoms with van der Waals surface area (Å²) >= 11 is 3.20. The summed E-state index contributed by atoms with van der Waals surface area (Å²) in [6, 6.07) is 13.6. The Hall–Kier alpha value is -2.54. The van der Waals surface area contributed by atoms with Gasteiger partial charge < -0.3 is 4.74 Å². The molecule has 0 aromatic heterocycles. The first-order chi connectivity index (χ1) is 12.3. The van der Waals surface area contributed by atoms with Crippen molar-refractivity contribution in [1.82, 2.24) is 0 Å². The third-order valence-corrected chi connectivity index (χ3v) is 4.59. The lowest BCUT2D eigenvalue weighted by Gasteiger charge is -2.20. The molecule has 0 radical (unpaired) electrons. The van der Waals surface area contributed by atoms with Crippen LogP contribution in [0.5, 0.6) is 0 Å². The summed E-state index contributed by atoms with van der Waals surface area (Å²) in [5.74, 6) is -2.89. The monoisotopic (exact) mass is 419 g/mol. The fraction of sp³-hybridized carbons (Fsp3) is 0.263. The van der Waals surface area contributed by atoms with Crippen LogP contribution in [0.1, 0.15) is 30.9 Å². The van der Waals surface area contributed by atoms with Crippen molar-refractivity contribution in [2.24, 2.45) is 5.92 Å². The van der Waals surface area contributed by atoms with Gasteiger partial charge in [-0.1, -0.05) is 59.3 Å². The average molecular weight is 420 g/mol. The van der Waals surface area contributed by atoms with Crippen molar-refractivity contribution in [3.8, 4) is 0 Å². The fourth-order valence-corrected chi connectivity index (χ4v) is 3.13. The molecule has 0 fully saturated rings. The summed E-state index contributed by atoms with van der Waals surface area (Å²) in [7, 11) is 0. The molecule has 2 atom stereocenters. The molecular formula is C19H18BrNO5. The Morgan fingerprint density at radius 3 is 2.42 bits per heavy atom. The van der Waals surface area contributed by atoms with Gasteiger partial charge in [0.25, 0.3) is 5.69 Å². The van der Waals surface area contributed by atoms with Crippen molar-refractivity contribution in [3.05, 3.63) is 74.2 Å². The Labute approximate surface area is 159 Å². The second kappa shape index (κ2) is 8.71. The van der Waals surface area contributed by atoms with Gasteiger partial charge in [0.2, 0.25) is 0 Å². The van der Waals surface area contributed by atoms with Crippen LogP contribution in [0.4, 0.5) is 5.69 Å². The molecular weight excluding hydrogens is 402 g/mol. The van der Waals surface area contributed by atoms with Crippen LogP contribution in [0, 0.1) is 16.0 Å². The Kier molecular flexibility index (Phi) is 6.63. The molecule has 0 bridgehead atoms. The number of carbonyl (C=O) groups is 2. The van der Waals surface area contributed by atoms with Gasteiger partial charge in [-0.2, -0.15) is 0 Å².